The maximum Gasteiger partial charge on any atom is 0.273 e. The van der Waals surface area contributed by atoms with E-state index < -0.39 is 0 Å². The molecule has 11 heteroatoms. The average Bonchev–Trinajstić information content (AvgIpc) is 3.22. The number of carbonyl (C=O) groups excluding carboxylic acids is 2. The zero-order chi connectivity index (χ0) is 22.0. The van der Waals surface area contributed by atoms with Crippen LogP contribution in [-0.4, -0.2) is 46.5 Å². The monoisotopic (exact) mass is 460 g/mol. The van der Waals surface area contributed by atoms with Crippen molar-refractivity contribution >= 4 is 55.9 Å². The molecular formula is C20H21ClN6O3S. The highest BCUT2D eigenvalue weighted by atomic mass is 35.5. The second kappa shape index (κ2) is 9.03. The standard InChI is InChI=1S/C20H21ClN6O3S/c1-22-18(29)12-6-8-26(9-7-12)20-25-17-16(31-20)19(30)27(11-23-17)10-15(28)24-14-4-2-13(21)3-5-14/h2-5,11-12H,6-10H2,1H3,(H,22,29)(H,24,28). The van der Waals surface area contributed by atoms with Crippen molar-refractivity contribution < 1.29 is 9.59 Å². The van der Waals surface area contributed by atoms with Crippen molar-refractivity contribution in [3.8, 4) is 0 Å². The topological polar surface area (TPSA) is 109 Å². The molecule has 2 N–H and O–H groups in total. The Morgan fingerprint density at radius 3 is 2.61 bits per heavy atom. The normalized spacial score (nSPS) is 14.6. The summed E-state index contributed by atoms with van der Waals surface area (Å²) < 4.78 is 1.68. The van der Waals surface area contributed by atoms with Gasteiger partial charge in [-0.15, -0.1) is 0 Å². The summed E-state index contributed by atoms with van der Waals surface area (Å²) in [6, 6.07) is 6.72. The smallest absolute Gasteiger partial charge is 0.273 e. The lowest BCUT2D eigenvalue weighted by Crippen LogP contribution is -2.39. The van der Waals surface area contributed by atoms with E-state index in [1.807, 2.05) is 0 Å². The van der Waals surface area contributed by atoms with Gasteiger partial charge in [-0.3, -0.25) is 19.0 Å². The van der Waals surface area contributed by atoms with Crippen molar-refractivity contribution in [1.29, 1.82) is 0 Å². The van der Waals surface area contributed by atoms with Gasteiger partial charge in [0.1, 0.15) is 17.6 Å². The first-order chi connectivity index (χ1) is 14.9. The third-order valence-electron chi connectivity index (χ3n) is 5.20. The number of thiazole rings is 1. The molecule has 1 aromatic carbocycles. The predicted molar refractivity (Wildman–Crippen MR) is 121 cm³/mol. The number of anilines is 2. The van der Waals surface area contributed by atoms with Gasteiger partial charge in [0.05, 0.1) is 0 Å². The Morgan fingerprint density at radius 1 is 1.23 bits per heavy atom. The fourth-order valence-electron chi connectivity index (χ4n) is 3.51. The highest BCUT2D eigenvalue weighted by molar-refractivity contribution is 7.22. The second-order valence-electron chi connectivity index (χ2n) is 7.26. The summed E-state index contributed by atoms with van der Waals surface area (Å²) in [6.07, 6.45) is 2.81. The minimum Gasteiger partial charge on any atom is -0.359 e. The summed E-state index contributed by atoms with van der Waals surface area (Å²) >= 11 is 7.11. The molecule has 2 amide bonds. The molecule has 4 rings (SSSR count). The van der Waals surface area contributed by atoms with E-state index in [1.54, 1.807) is 31.3 Å². The third kappa shape index (κ3) is 4.70. The Kier molecular flexibility index (Phi) is 6.19. The fourth-order valence-corrected chi connectivity index (χ4v) is 4.66. The number of hydrogen-bond acceptors (Lipinski definition) is 7. The van der Waals surface area contributed by atoms with Crippen LogP contribution in [0.15, 0.2) is 35.4 Å². The number of benzene rings is 1. The van der Waals surface area contributed by atoms with E-state index in [4.69, 9.17) is 11.6 Å². The molecule has 3 heterocycles. The van der Waals surface area contributed by atoms with Crippen LogP contribution in [0.25, 0.3) is 10.3 Å². The number of carbonyl (C=O) groups is 2. The number of rotatable bonds is 5. The van der Waals surface area contributed by atoms with Gasteiger partial charge in [-0.25, -0.2) is 4.98 Å². The minimum absolute atomic E-state index is 0.00475. The van der Waals surface area contributed by atoms with Gasteiger partial charge in [0.15, 0.2) is 10.8 Å². The van der Waals surface area contributed by atoms with E-state index in [0.717, 1.165) is 12.8 Å². The summed E-state index contributed by atoms with van der Waals surface area (Å²) in [5.41, 5.74) is 0.657. The van der Waals surface area contributed by atoms with Crippen molar-refractivity contribution in [2.75, 3.05) is 30.4 Å². The number of fused-ring (bicyclic) bond motifs is 1. The molecule has 0 bridgehead atoms. The largest absolute Gasteiger partial charge is 0.359 e. The van der Waals surface area contributed by atoms with E-state index in [2.05, 4.69) is 25.5 Å². The lowest BCUT2D eigenvalue weighted by Gasteiger charge is -2.30. The van der Waals surface area contributed by atoms with Gasteiger partial charge in [0, 0.05) is 36.8 Å². The van der Waals surface area contributed by atoms with Crippen molar-refractivity contribution in [1.82, 2.24) is 19.9 Å². The van der Waals surface area contributed by atoms with E-state index >= 15 is 0 Å². The summed E-state index contributed by atoms with van der Waals surface area (Å²) in [5.74, 6) is -0.276. The van der Waals surface area contributed by atoms with Crippen LogP contribution in [0.5, 0.6) is 0 Å². The maximum absolute atomic E-state index is 12.9. The lowest BCUT2D eigenvalue weighted by atomic mass is 9.96. The van der Waals surface area contributed by atoms with Crippen molar-refractivity contribution in [2.45, 2.75) is 19.4 Å². The zero-order valence-electron chi connectivity index (χ0n) is 16.8. The Bertz CT molecular complexity index is 1170. The summed E-state index contributed by atoms with van der Waals surface area (Å²) in [6.45, 7) is 1.22. The van der Waals surface area contributed by atoms with Crippen LogP contribution in [0, 0.1) is 5.92 Å². The number of halogens is 1. The molecule has 0 atom stereocenters. The Hall–Kier alpha value is -2.98. The SMILES string of the molecule is CNC(=O)C1CCN(c2nc3ncn(CC(=O)Nc4ccc(Cl)cc4)c(=O)c3s2)CC1. The van der Waals surface area contributed by atoms with E-state index in [1.165, 1.54) is 22.2 Å². The predicted octanol–water partition coefficient (Wildman–Crippen LogP) is 2.11. The number of nitrogens with zero attached hydrogens (tertiary/aromatic N) is 4. The molecule has 1 aliphatic rings. The Balaban J connectivity index is 1.47. The quantitative estimate of drug-likeness (QED) is 0.603. The molecule has 3 aromatic rings. The van der Waals surface area contributed by atoms with Crippen molar-refractivity contribution in [3.05, 3.63) is 46.0 Å². The molecule has 1 fully saturated rings. The van der Waals surface area contributed by atoms with Crippen LogP contribution in [0.3, 0.4) is 0 Å². The van der Waals surface area contributed by atoms with Gasteiger partial charge in [0.2, 0.25) is 11.8 Å². The van der Waals surface area contributed by atoms with Gasteiger partial charge in [-0.1, -0.05) is 22.9 Å². The molecule has 162 valence electrons. The van der Waals surface area contributed by atoms with Gasteiger partial charge >= 0.3 is 0 Å². The number of piperidine rings is 1. The molecule has 2 aromatic heterocycles. The highest BCUT2D eigenvalue weighted by Gasteiger charge is 2.26. The van der Waals surface area contributed by atoms with Gasteiger partial charge < -0.3 is 15.5 Å². The zero-order valence-corrected chi connectivity index (χ0v) is 18.4. The van der Waals surface area contributed by atoms with Crippen LogP contribution in [0.2, 0.25) is 5.02 Å². The number of nitrogens with one attached hydrogen (secondary N) is 2. The second-order valence-corrected chi connectivity index (χ2v) is 8.67. The highest BCUT2D eigenvalue weighted by Crippen LogP contribution is 2.29. The Labute approximate surface area is 187 Å². The van der Waals surface area contributed by atoms with Gasteiger partial charge in [-0.05, 0) is 37.1 Å². The summed E-state index contributed by atoms with van der Waals surface area (Å²) in [5, 5.41) is 6.70. The first kappa shape index (κ1) is 21.3. The molecule has 0 unspecified atom stereocenters. The molecule has 1 aliphatic heterocycles. The first-order valence-electron chi connectivity index (χ1n) is 9.82. The maximum atomic E-state index is 12.9. The third-order valence-corrected chi connectivity index (χ3v) is 6.54. The minimum atomic E-state index is -0.341. The van der Waals surface area contributed by atoms with Crippen LogP contribution >= 0.6 is 22.9 Å². The van der Waals surface area contributed by atoms with E-state index in [0.29, 0.717) is 39.3 Å². The first-order valence-corrected chi connectivity index (χ1v) is 11.0. The molecule has 0 saturated carbocycles. The van der Waals surface area contributed by atoms with Crippen LogP contribution in [0.4, 0.5) is 10.8 Å². The fraction of sp³-hybridized carbons (Fsp3) is 0.350. The molecule has 1 saturated heterocycles. The summed E-state index contributed by atoms with van der Waals surface area (Å²) in [4.78, 5) is 47.8. The van der Waals surface area contributed by atoms with E-state index in [-0.39, 0.29) is 29.8 Å². The summed E-state index contributed by atoms with van der Waals surface area (Å²) in [7, 11) is 1.65. The van der Waals surface area contributed by atoms with Crippen molar-refractivity contribution in [3.63, 3.8) is 0 Å². The van der Waals surface area contributed by atoms with E-state index in [9.17, 15) is 14.4 Å². The van der Waals surface area contributed by atoms with Gasteiger partial charge in [-0.2, -0.15) is 4.98 Å². The number of hydrogen-bond donors (Lipinski definition) is 2. The molecular weight excluding hydrogens is 440 g/mol. The molecule has 0 aliphatic carbocycles. The average molecular weight is 461 g/mol. The van der Waals surface area contributed by atoms with Gasteiger partial charge in [0.25, 0.3) is 5.56 Å². The molecule has 0 spiro atoms. The van der Waals surface area contributed by atoms with Crippen LogP contribution < -0.4 is 21.1 Å². The lowest BCUT2D eigenvalue weighted by molar-refractivity contribution is -0.125. The number of amides is 2. The van der Waals surface area contributed by atoms with Crippen LogP contribution in [-0.2, 0) is 16.1 Å². The number of aromatic nitrogens is 3. The van der Waals surface area contributed by atoms with Crippen molar-refractivity contribution in [2.24, 2.45) is 5.92 Å². The molecule has 31 heavy (non-hydrogen) atoms. The molecule has 0 radical (unpaired) electrons. The molecule has 9 nitrogen and oxygen atoms in total. The van der Waals surface area contributed by atoms with Crippen LogP contribution in [0.1, 0.15) is 12.8 Å². The Morgan fingerprint density at radius 2 is 1.94 bits per heavy atom.